The number of fused-ring (bicyclic) bond motifs is 1. The van der Waals surface area contributed by atoms with Crippen LogP contribution in [0.5, 0.6) is 0 Å². The molecule has 8 nitrogen and oxygen atoms in total. The van der Waals surface area contributed by atoms with Crippen molar-refractivity contribution in [1.82, 2.24) is 10.3 Å². The summed E-state index contributed by atoms with van der Waals surface area (Å²) < 4.78 is 5.05. The van der Waals surface area contributed by atoms with E-state index in [1.54, 1.807) is 37.3 Å². The summed E-state index contributed by atoms with van der Waals surface area (Å²) in [5.41, 5.74) is 2.91. The van der Waals surface area contributed by atoms with Gasteiger partial charge >= 0.3 is 5.97 Å². The van der Waals surface area contributed by atoms with Crippen LogP contribution in [0, 0.1) is 5.92 Å². The van der Waals surface area contributed by atoms with Crippen LogP contribution in [0.15, 0.2) is 58.6 Å². The lowest BCUT2D eigenvalue weighted by Crippen LogP contribution is -2.27. The topological polar surface area (TPSA) is 110 Å². The molecule has 5 rings (SSSR count). The molecule has 2 aromatic carbocycles. The van der Waals surface area contributed by atoms with Crippen molar-refractivity contribution in [2.75, 3.05) is 11.9 Å². The Morgan fingerprint density at radius 2 is 2.08 bits per heavy atom. The lowest BCUT2D eigenvalue weighted by atomic mass is 9.85. The maximum absolute atomic E-state index is 12.6. The third-order valence-corrected chi connectivity index (χ3v) is 7.31. The van der Waals surface area contributed by atoms with E-state index in [2.05, 4.69) is 20.6 Å². The molecular weight excluding hydrogens is 512 g/mol. The average molecular weight is 535 g/mol. The van der Waals surface area contributed by atoms with E-state index >= 15 is 0 Å². The highest BCUT2D eigenvalue weighted by atomic mass is 35.5. The Bertz CT molecular complexity index is 1480. The molecule has 2 N–H and O–H groups in total. The number of carbonyl (C=O) groups is 3. The molecule has 0 unspecified atom stereocenters. The van der Waals surface area contributed by atoms with Crippen LogP contribution in [0.1, 0.15) is 42.1 Å². The average Bonchev–Trinajstić information content (AvgIpc) is 3.18. The predicted molar refractivity (Wildman–Crippen MR) is 146 cm³/mol. The van der Waals surface area contributed by atoms with E-state index in [4.69, 9.17) is 16.3 Å². The standard InChI is InChI=1S/C27H23ClN4O4S/c1-2-36-26(35)18-12-17-10-15(6-9-21(17)29-14-18)11-23-25(34)32-27(37-23)31-22-13-19(7-8-20(22)28)30-24(33)16-4-3-5-16/h6-14,16H,2-5H2,1H3,(H,30,33)(H,31,32,34). The lowest BCUT2D eigenvalue weighted by Gasteiger charge is -2.24. The quantitative estimate of drug-likeness (QED) is 0.310. The third kappa shape index (κ3) is 5.68. The smallest absolute Gasteiger partial charge is 0.339 e. The molecule has 2 fully saturated rings. The van der Waals surface area contributed by atoms with Crippen LogP contribution in [0.2, 0.25) is 5.02 Å². The van der Waals surface area contributed by atoms with Crippen LogP contribution < -0.4 is 10.6 Å². The number of nitrogens with one attached hydrogen (secondary N) is 2. The molecule has 2 aliphatic rings. The van der Waals surface area contributed by atoms with Crippen molar-refractivity contribution < 1.29 is 19.1 Å². The predicted octanol–water partition coefficient (Wildman–Crippen LogP) is 5.70. The number of rotatable bonds is 6. The second-order valence-electron chi connectivity index (χ2n) is 8.66. The van der Waals surface area contributed by atoms with Gasteiger partial charge < -0.3 is 15.4 Å². The van der Waals surface area contributed by atoms with Gasteiger partial charge in [0, 0.05) is 23.2 Å². The number of aliphatic imine (C=N–C) groups is 1. The highest BCUT2D eigenvalue weighted by Crippen LogP contribution is 2.34. The van der Waals surface area contributed by atoms with E-state index in [0.29, 0.717) is 32.0 Å². The summed E-state index contributed by atoms with van der Waals surface area (Å²) in [6.45, 7) is 2.03. The number of thioether (sulfide) groups is 1. The van der Waals surface area contributed by atoms with Crippen molar-refractivity contribution in [2.24, 2.45) is 10.9 Å². The fourth-order valence-corrected chi connectivity index (χ4v) is 4.89. The second kappa shape index (κ2) is 10.7. The fraction of sp³-hybridized carbons (Fsp3) is 0.222. The highest BCUT2D eigenvalue weighted by Gasteiger charge is 2.26. The minimum absolute atomic E-state index is 0.000834. The van der Waals surface area contributed by atoms with Gasteiger partial charge in [0.1, 0.15) is 0 Å². The number of pyridine rings is 1. The van der Waals surface area contributed by atoms with Crippen molar-refractivity contribution in [1.29, 1.82) is 0 Å². The first-order chi connectivity index (χ1) is 17.9. The molecule has 0 atom stereocenters. The molecule has 37 heavy (non-hydrogen) atoms. The molecule has 1 saturated carbocycles. The first kappa shape index (κ1) is 25.0. The number of amidine groups is 1. The molecule has 1 saturated heterocycles. The molecular formula is C27H23ClN4O4S. The van der Waals surface area contributed by atoms with Gasteiger partial charge in [-0.2, -0.15) is 0 Å². The summed E-state index contributed by atoms with van der Waals surface area (Å²) in [4.78, 5) is 46.2. The van der Waals surface area contributed by atoms with Gasteiger partial charge in [0.05, 0.1) is 33.3 Å². The van der Waals surface area contributed by atoms with Gasteiger partial charge in [0.15, 0.2) is 5.17 Å². The molecule has 0 spiro atoms. The van der Waals surface area contributed by atoms with Crippen molar-refractivity contribution in [3.8, 4) is 0 Å². The van der Waals surface area contributed by atoms with Crippen molar-refractivity contribution >= 4 is 74.7 Å². The maximum Gasteiger partial charge on any atom is 0.339 e. The zero-order valence-electron chi connectivity index (χ0n) is 19.9. The van der Waals surface area contributed by atoms with Crippen LogP contribution in [-0.4, -0.2) is 34.5 Å². The van der Waals surface area contributed by atoms with E-state index < -0.39 is 5.97 Å². The molecule has 1 aliphatic carbocycles. The van der Waals surface area contributed by atoms with Gasteiger partial charge in [0.2, 0.25) is 5.91 Å². The number of amides is 2. The van der Waals surface area contributed by atoms with Gasteiger partial charge in [-0.15, -0.1) is 0 Å². The van der Waals surface area contributed by atoms with Gasteiger partial charge in [-0.1, -0.05) is 24.1 Å². The number of ether oxygens (including phenoxy) is 1. The van der Waals surface area contributed by atoms with E-state index in [9.17, 15) is 14.4 Å². The first-order valence-corrected chi connectivity index (χ1v) is 13.1. The van der Waals surface area contributed by atoms with Crippen LogP contribution in [0.25, 0.3) is 17.0 Å². The van der Waals surface area contributed by atoms with Gasteiger partial charge in [0.25, 0.3) is 5.91 Å². The Labute approximate surface area is 222 Å². The molecule has 0 radical (unpaired) electrons. The summed E-state index contributed by atoms with van der Waals surface area (Å²) in [7, 11) is 0. The van der Waals surface area contributed by atoms with E-state index in [1.165, 1.54) is 18.0 Å². The van der Waals surface area contributed by atoms with Crippen LogP contribution >= 0.6 is 23.4 Å². The van der Waals surface area contributed by atoms with E-state index in [0.717, 1.165) is 35.7 Å². The Morgan fingerprint density at radius 3 is 2.84 bits per heavy atom. The molecule has 0 bridgehead atoms. The van der Waals surface area contributed by atoms with E-state index in [-0.39, 0.29) is 24.3 Å². The summed E-state index contributed by atoms with van der Waals surface area (Å²) in [5.74, 6) is -0.656. The molecule has 2 heterocycles. The first-order valence-electron chi connectivity index (χ1n) is 11.9. The number of anilines is 1. The zero-order chi connectivity index (χ0) is 25.9. The summed E-state index contributed by atoms with van der Waals surface area (Å²) >= 11 is 7.52. The van der Waals surface area contributed by atoms with Crippen molar-refractivity contribution in [2.45, 2.75) is 26.2 Å². The lowest BCUT2D eigenvalue weighted by molar-refractivity contribution is -0.122. The number of halogens is 1. The maximum atomic E-state index is 12.6. The summed E-state index contributed by atoms with van der Waals surface area (Å²) in [5, 5.41) is 7.21. The van der Waals surface area contributed by atoms with Crippen molar-refractivity contribution in [3.63, 3.8) is 0 Å². The summed E-state index contributed by atoms with van der Waals surface area (Å²) in [6.07, 6.45) is 6.13. The van der Waals surface area contributed by atoms with Gasteiger partial charge in [-0.25, -0.2) is 9.79 Å². The Kier molecular flexibility index (Phi) is 7.25. The van der Waals surface area contributed by atoms with E-state index in [1.807, 2.05) is 18.2 Å². The second-order valence-corrected chi connectivity index (χ2v) is 10.1. The minimum Gasteiger partial charge on any atom is -0.462 e. The molecule has 1 aliphatic heterocycles. The number of aromatic nitrogens is 1. The fourth-order valence-electron chi connectivity index (χ4n) is 3.90. The Morgan fingerprint density at radius 1 is 1.24 bits per heavy atom. The molecule has 2 amide bonds. The van der Waals surface area contributed by atoms with Crippen molar-refractivity contribution in [3.05, 3.63) is 69.7 Å². The zero-order valence-corrected chi connectivity index (χ0v) is 21.5. The van der Waals surface area contributed by atoms with Gasteiger partial charge in [-0.3, -0.25) is 14.6 Å². The number of benzene rings is 2. The third-order valence-electron chi connectivity index (χ3n) is 6.08. The number of hydrogen-bond donors (Lipinski definition) is 2. The van der Waals surface area contributed by atoms with Crippen LogP contribution in [-0.2, 0) is 14.3 Å². The van der Waals surface area contributed by atoms with Crippen LogP contribution in [0.3, 0.4) is 0 Å². The number of nitrogens with zero attached hydrogens (tertiary/aromatic N) is 2. The minimum atomic E-state index is -0.433. The van der Waals surface area contributed by atoms with Crippen LogP contribution in [0.4, 0.5) is 11.4 Å². The molecule has 3 aromatic rings. The number of esters is 1. The molecule has 1 aromatic heterocycles. The highest BCUT2D eigenvalue weighted by molar-refractivity contribution is 8.18. The largest absolute Gasteiger partial charge is 0.462 e. The monoisotopic (exact) mass is 534 g/mol. The Hall–Kier alpha value is -3.69. The molecule has 10 heteroatoms. The van der Waals surface area contributed by atoms with Gasteiger partial charge in [-0.05, 0) is 79.6 Å². The molecule has 188 valence electrons. The normalized spacial score (nSPS) is 17.6. The Balaban J connectivity index is 1.35. The summed E-state index contributed by atoms with van der Waals surface area (Å²) in [6, 6.07) is 12.3. The number of carbonyl (C=O) groups excluding carboxylic acids is 3. The number of hydrogen-bond acceptors (Lipinski definition) is 7. The SMILES string of the molecule is CCOC(=O)c1cnc2ccc(C=C3SC(=Nc4cc(NC(=O)C5CCC5)ccc4Cl)NC3=O)cc2c1.